The third-order valence-electron chi connectivity index (χ3n) is 6.42. The van der Waals surface area contributed by atoms with E-state index in [1.165, 1.54) is 10.9 Å². The standard InChI is InChI=1S/C26H25ClN2O3/c1-16-21(14-25(32-16)18-3-5-19(27)6-4-18)26(30)29-11-9-17(10-12-29)23-15-28-24-8-7-20(31-2)13-22(23)24/h3-8,13-15,17,28H,9-12H2,1-2H3. The van der Waals surface area contributed by atoms with E-state index in [1.807, 2.05) is 48.2 Å². The van der Waals surface area contributed by atoms with Crippen LogP contribution in [0.15, 0.2) is 59.1 Å². The maximum Gasteiger partial charge on any atom is 0.257 e. The van der Waals surface area contributed by atoms with Gasteiger partial charge in [-0.3, -0.25) is 4.79 Å². The summed E-state index contributed by atoms with van der Waals surface area (Å²) in [6, 6.07) is 15.4. The number of H-pyrrole nitrogens is 1. The topological polar surface area (TPSA) is 58.5 Å². The predicted molar refractivity (Wildman–Crippen MR) is 127 cm³/mol. The number of carbonyl (C=O) groups excluding carboxylic acids is 1. The summed E-state index contributed by atoms with van der Waals surface area (Å²) in [6.45, 7) is 3.29. The van der Waals surface area contributed by atoms with Crippen LogP contribution in [0.2, 0.25) is 5.02 Å². The monoisotopic (exact) mass is 448 g/mol. The Bertz CT molecular complexity index is 1260. The molecule has 1 aliphatic rings. The Morgan fingerprint density at radius 1 is 1.12 bits per heavy atom. The van der Waals surface area contributed by atoms with Gasteiger partial charge in [0.2, 0.25) is 0 Å². The normalized spacial score (nSPS) is 14.8. The number of aromatic nitrogens is 1. The van der Waals surface area contributed by atoms with E-state index in [2.05, 4.69) is 23.3 Å². The molecule has 1 amide bonds. The lowest BCUT2D eigenvalue weighted by Gasteiger charge is -2.32. The molecule has 0 bridgehead atoms. The van der Waals surface area contributed by atoms with Crippen molar-refractivity contribution in [3.05, 3.63) is 76.6 Å². The number of fused-ring (bicyclic) bond motifs is 1. The highest BCUT2D eigenvalue weighted by atomic mass is 35.5. The average molecular weight is 449 g/mol. The number of likely N-dealkylation sites (tertiary alicyclic amines) is 1. The lowest BCUT2D eigenvalue weighted by Crippen LogP contribution is -2.38. The lowest BCUT2D eigenvalue weighted by atomic mass is 9.89. The number of nitrogens with zero attached hydrogens (tertiary/aromatic N) is 1. The molecule has 0 unspecified atom stereocenters. The van der Waals surface area contributed by atoms with E-state index >= 15 is 0 Å². The number of aryl methyl sites for hydroxylation is 1. The summed E-state index contributed by atoms with van der Waals surface area (Å²) in [5.74, 6) is 2.63. The molecule has 1 aliphatic heterocycles. The molecule has 0 saturated carbocycles. The van der Waals surface area contributed by atoms with Crippen molar-refractivity contribution in [1.29, 1.82) is 0 Å². The number of nitrogens with one attached hydrogen (secondary N) is 1. The van der Waals surface area contributed by atoms with Gasteiger partial charge in [-0.05, 0) is 79.8 Å². The number of carbonyl (C=O) groups is 1. The Hall–Kier alpha value is -3.18. The van der Waals surface area contributed by atoms with E-state index in [4.69, 9.17) is 20.8 Å². The van der Waals surface area contributed by atoms with Gasteiger partial charge in [-0.15, -0.1) is 0 Å². The van der Waals surface area contributed by atoms with Crippen molar-refractivity contribution in [2.24, 2.45) is 0 Å². The first-order valence-corrected chi connectivity index (χ1v) is 11.2. The van der Waals surface area contributed by atoms with Gasteiger partial charge in [-0.2, -0.15) is 0 Å². The van der Waals surface area contributed by atoms with Crippen molar-refractivity contribution >= 4 is 28.4 Å². The van der Waals surface area contributed by atoms with Crippen molar-refractivity contribution in [2.75, 3.05) is 20.2 Å². The zero-order valence-electron chi connectivity index (χ0n) is 18.2. The van der Waals surface area contributed by atoms with Crippen LogP contribution in [0.5, 0.6) is 5.75 Å². The molecule has 5 nitrogen and oxygen atoms in total. The number of rotatable bonds is 4. The van der Waals surface area contributed by atoms with Gasteiger partial charge in [-0.1, -0.05) is 11.6 Å². The minimum atomic E-state index is 0.0329. The molecule has 32 heavy (non-hydrogen) atoms. The van der Waals surface area contributed by atoms with E-state index in [1.54, 1.807) is 7.11 Å². The summed E-state index contributed by atoms with van der Waals surface area (Å²) >= 11 is 5.98. The molecule has 1 fully saturated rings. The van der Waals surface area contributed by atoms with Crippen LogP contribution in [-0.4, -0.2) is 36.0 Å². The van der Waals surface area contributed by atoms with E-state index in [0.29, 0.717) is 28.0 Å². The maximum atomic E-state index is 13.2. The van der Waals surface area contributed by atoms with Crippen LogP contribution in [0.4, 0.5) is 0 Å². The van der Waals surface area contributed by atoms with E-state index in [9.17, 15) is 4.79 Å². The fraction of sp³-hybridized carbons (Fsp3) is 0.269. The second-order valence-electron chi connectivity index (χ2n) is 8.31. The van der Waals surface area contributed by atoms with Crippen molar-refractivity contribution in [3.8, 4) is 17.1 Å². The van der Waals surface area contributed by atoms with Crippen LogP contribution in [-0.2, 0) is 0 Å². The van der Waals surface area contributed by atoms with Crippen molar-refractivity contribution in [1.82, 2.24) is 9.88 Å². The Morgan fingerprint density at radius 2 is 1.88 bits per heavy atom. The lowest BCUT2D eigenvalue weighted by molar-refractivity contribution is 0.0711. The van der Waals surface area contributed by atoms with Gasteiger partial charge in [-0.25, -0.2) is 0 Å². The zero-order chi connectivity index (χ0) is 22.2. The van der Waals surface area contributed by atoms with Crippen LogP contribution in [0.25, 0.3) is 22.2 Å². The summed E-state index contributed by atoms with van der Waals surface area (Å²) in [5.41, 5.74) is 3.95. The van der Waals surface area contributed by atoms with Crippen LogP contribution in [0.1, 0.15) is 40.4 Å². The molecule has 0 atom stereocenters. The molecule has 3 heterocycles. The average Bonchev–Trinajstić information content (AvgIpc) is 3.42. The molecule has 6 heteroatoms. The van der Waals surface area contributed by atoms with Crippen LogP contribution < -0.4 is 4.74 Å². The van der Waals surface area contributed by atoms with Crippen LogP contribution in [0.3, 0.4) is 0 Å². The van der Waals surface area contributed by atoms with Gasteiger partial charge < -0.3 is 19.0 Å². The van der Waals surface area contributed by atoms with Crippen molar-refractivity contribution < 1.29 is 13.9 Å². The SMILES string of the molecule is COc1ccc2[nH]cc(C3CCN(C(=O)c4cc(-c5ccc(Cl)cc5)oc4C)CC3)c2c1. The largest absolute Gasteiger partial charge is 0.497 e. The Morgan fingerprint density at radius 3 is 2.59 bits per heavy atom. The molecular weight excluding hydrogens is 424 g/mol. The predicted octanol–water partition coefficient (Wildman–Crippen LogP) is 6.42. The second kappa shape index (κ2) is 8.40. The first-order valence-electron chi connectivity index (χ1n) is 10.8. The fourth-order valence-corrected chi connectivity index (χ4v) is 4.73. The molecule has 0 aliphatic carbocycles. The molecule has 0 spiro atoms. The van der Waals surface area contributed by atoms with Crippen LogP contribution >= 0.6 is 11.6 Å². The minimum absolute atomic E-state index is 0.0329. The summed E-state index contributed by atoms with van der Waals surface area (Å²) in [5, 5.41) is 1.87. The van der Waals surface area contributed by atoms with Gasteiger partial charge in [0.15, 0.2) is 0 Å². The summed E-state index contributed by atoms with van der Waals surface area (Å²) < 4.78 is 11.3. The molecule has 2 aromatic heterocycles. The van der Waals surface area contributed by atoms with Gasteiger partial charge in [0.25, 0.3) is 5.91 Å². The van der Waals surface area contributed by atoms with Gasteiger partial charge in [0.05, 0.1) is 12.7 Å². The van der Waals surface area contributed by atoms with Gasteiger partial charge >= 0.3 is 0 Å². The number of ether oxygens (including phenoxy) is 1. The Labute approximate surface area is 191 Å². The quantitative estimate of drug-likeness (QED) is 0.392. The van der Waals surface area contributed by atoms with Crippen molar-refractivity contribution in [2.45, 2.75) is 25.7 Å². The molecule has 4 aromatic rings. The van der Waals surface area contributed by atoms with Crippen molar-refractivity contribution in [3.63, 3.8) is 0 Å². The first-order chi connectivity index (χ1) is 15.5. The summed E-state index contributed by atoms with van der Waals surface area (Å²) in [7, 11) is 1.69. The van der Waals surface area contributed by atoms with E-state index in [-0.39, 0.29) is 5.91 Å². The molecule has 1 N–H and O–H groups in total. The van der Waals surface area contributed by atoms with E-state index < -0.39 is 0 Å². The molecule has 0 radical (unpaired) electrons. The summed E-state index contributed by atoms with van der Waals surface area (Å²) in [4.78, 5) is 18.5. The molecule has 1 saturated heterocycles. The number of halogens is 1. The first kappa shape index (κ1) is 20.7. The van der Waals surface area contributed by atoms with Gasteiger partial charge in [0.1, 0.15) is 17.3 Å². The number of methoxy groups -OCH3 is 1. The molecular formula is C26H25ClN2O3. The molecule has 2 aromatic carbocycles. The minimum Gasteiger partial charge on any atom is -0.497 e. The highest BCUT2D eigenvalue weighted by molar-refractivity contribution is 6.30. The summed E-state index contributed by atoms with van der Waals surface area (Å²) in [6.07, 6.45) is 3.96. The third kappa shape index (κ3) is 3.78. The second-order valence-corrected chi connectivity index (χ2v) is 8.75. The number of furan rings is 1. The third-order valence-corrected chi connectivity index (χ3v) is 6.67. The number of hydrogen-bond donors (Lipinski definition) is 1. The molecule has 164 valence electrons. The van der Waals surface area contributed by atoms with Gasteiger partial charge in [0, 0.05) is 40.8 Å². The number of piperidine rings is 1. The maximum absolute atomic E-state index is 13.2. The number of amides is 1. The fourth-order valence-electron chi connectivity index (χ4n) is 4.60. The number of hydrogen-bond acceptors (Lipinski definition) is 3. The van der Waals surface area contributed by atoms with Crippen LogP contribution in [0, 0.1) is 6.92 Å². The Balaban J connectivity index is 1.31. The number of benzene rings is 2. The smallest absolute Gasteiger partial charge is 0.257 e. The highest BCUT2D eigenvalue weighted by Crippen LogP contribution is 2.35. The van der Waals surface area contributed by atoms with E-state index in [0.717, 1.165) is 42.8 Å². The Kier molecular flexibility index (Phi) is 5.43. The molecule has 5 rings (SSSR count). The number of aromatic amines is 1. The highest BCUT2D eigenvalue weighted by Gasteiger charge is 2.28. The zero-order valence-corrected chi connectivity index (χ0v) is 18.9.